The Bertz CT molecular complexity index is 1430. The first-order valence-corrected chi connectivity index (χ1v) is 12.2. The van der Waals surface area contributed by atoms with Crippen molar-refractivity contribution >= 4 is 16.8 Å². The fourth-order valence-electron chi connectivity index (χ4n) is 5.11. The van der Waals surface area contributed by atoms with Crippen LogP contribution in [-0.2, 0) is 17.6 Å². The van der Waals surface area contributed by atoms with Gasteiger partial charge in [-0.15, -0.1) is 5.10 Å². The second-order valence-corrected chi connectivity index (χ2v) is 9.33. The number of alkyl halides is 3. The summed E-state index contributed by atoms with van der Waals surface area (Å²) < 4.78 is 51.8. The molecule has 1 amide bonds. The maximum absolute atomic E-state index is 13.7. The van der Waals surface area contributed by atoms with E-state index in [9.17, 15) is 18.0 Å². The summed E-state index contributed by atoms with van der Waals surface area (Å²) in [6.07, 6.45) is -3.92. The number of H-pyrrole nitrogens is 2. The molecule has 5 rings (SSSR count). The lowest BCUT2D eigenvalue weighted by molar-refractivity contribution is -0.131. The number of nitrogens with zero attached hydrogens (tertiary/aromatic N) is 4. The number of tetrazole rings is 1. The summed E-state index contributed by atoms with van der Waals surface area (Å²) in [6.45, 7) is 1.12. The number of ether oxygens (including phenoxy) is 2. The van der Waals surface area contributed by atoms with Crippen molar-refractivity contribution in [3.05, 3.63) is 53.3 Å². The van der Waals surface area contributed by atoms with Gasteiger partial charge in [0.1, 0.15) is 0 Å². The molecule has 1 aliphatic heterocycles. The van der Waals surface area contributed by atoms with Gasteiger partial charge in [-0.1, -0.05) is 6.07 Å². The quantitative estimate of drug-likeness (QED) is 0.368. The molecule has 0 aliphatic carbocycles. The van der Waals surface area contributed by atoms with Crippen LogP contribution in [0.5, 0.6) is 11.5 Å². The highest BCUT2D eigenvalue weighted by molar-refractivity contribution is 5.92. The number of piperidine rings is 1. The van der Waals surface area contributed by atoms with Gasteiger partial charge in [-0.2, -0.15) is 13.2 Å². The summed E-state index contributed by atoms with van der Waals surface area (Å²) in [4.78, 5) is 17.5. The summed E-state index contributed by atoms with van der Waals surface area (Å²) >= 11 is 0. The number of likely N-dealkylation sites (tertiary alicyclic amines) is 1. The number of rotatable bonds is 7. The van der Waals surface area contributed by atoms with E-state index in [-0.39, 0.29) is 23.8 Å². The van der Waals surface area contributed by atoms with Gasteiger partial charge in [0, 0.05) is 29.6 Å². The van der Waals surface area contributed by atoms with Gasteiger partial charge >= 0.3 is 6.18 Å². The van der Waals surface area contributed by atoms with E-state index < -0.39 is 12.6 Å². The number of carbonyl (C=O) groups excluding carboxylic acids is 1. The fourth-order valence-corrected chi connectivity index (χ4v) is 5.11. The zero-order valence-electron chi connectivity index (χ0n) is 20.9. The number of nitrogens with one attached hydrogen (secondary N) is 2. The molecule has 2 N–H and O–H groups in total. The molecule has 0 spiro atoms. The van der Waals surface area contributed by atoms with Crippen molar-refractivity contribution in [2.75, 3.05) is 27.3 Å². The number of amides is 1. The van der Waals surface area contributed by atoms with Crippen LogP contribution in [-0.4, -0.2) is 69.9 Å². The van der Waals surface area contributed by atoms with E-state index in [0.717, 1.165) is 5.56 Å². The van der Waals surface area contributed by atoms with Crippen LogP contribution in [0.15, 0.2) is 36.4 Å². The van der Waals surface area contributed by atoms with Crippen LogP contribution in [0.4, 0.5) is 13.2 Å². The number of carbonyl (C=O) groups is 1. The van der Waals surface area contributed by atoms with E-state index >= 15 is 0 Å². The molecule has 2 aromatic heterocycles. The average molecular weight is 529 g/mol. The third kappa shape index (κ3) is 5.29. The monoisotopic (exact) mass is 528 g/mol. The third-order valence-corrected chi connectivity index (χ3v) is 7.01. The Labute approximate surface area is 216 Å². The Balaban J connectivity index is 1.42. The number of methoxy groups -OCH3 is 2. The first kappa shape index (κ1) is 25.6. The van der Waals surface area contributed by atoms with Gasteiger partial charge in [0.25, 0.3) is 0 Å². The highest BCUT2D eigenvalue weighted by Gasteiger charge is 2.32. The zero-order chi connectivity index (χ0) is 26.9. The lowest BCUT2D eigenvalue weighted by Crippen LogP contribution is -2.39. The number of hydrogen-bond acceptors (Lipinski definition) is 6. The molecular formula is C26H27F3N6O3. The van der Waals surface area contributed by atoms with E-state index in [0.29, 0.717) is 65.4 Å². The van der Waals surface area contributed by atoms with Crippen LogP contribution in [0.3, 0.4) is 0 Å². The van der Waals surface area contributed by atoms with E-state index in [4.69, 9.17) is 9.47 Å². The molecule has 1 saturated heterocycles. The molecule has 38 heavy (non-hydrogen) atoms. The summed E-state index contributed by atoms with van der Waals surface area (Å²) in [5, 5.41) is 13.9. The Morgan fingerprint density at radius 2 is 1.84 bits per heavy atom. The molecule has 9 nitrogen and oxygen atoms in total. The van der Waals surface area contributed by atoms with Crippen molar-refractivity contribution in [1.29, 1.82) is 0 Å². The number of benzene rings is 2. The van der Waals surface area contributed by atoms with Crippen molar-refractivity contribution in [2.24, 2.45) is 0 Å². The molecule has 2 aromatic carbocycles. The predicted octanol–water partition coefficient (Wildman–Crippen LogP) is 4.42. The van der Waals surface area contributed by atoms with Gasteiger partial charge in [-0.25, -0.2) is 5.10 Å². The summed E-state index contributed by atoms with van der Waals surface area (Å²) in [5.41, 5.74) is 2.76. The van der Waals surface area contributed by atoms with Crippen molar-refractivity contribution in [3.63, 3.8) is 0 Å². The standard InChI is InChI=1S/C26H27F3N6O3/c1-37-21-6-4-17(12-22(21)38-2)25-19(14-26(27,28)29)18-11-16(3-5-20(18)30-25)15-7-9-35(10-8-15)24(36)13-23-31-33-34-32-23/h3-6,11-12,15,30H,7-10,13-14H2,1-2H3,(H,31,32,33,34). The molecule has 4 aromatic rings. The van der Waals surface area contributed by atoms with Crippen molar-refractivity contribution < 1.29 is 27.4 Å². The van der Waals surface area contributed by atoms with Gasteiger partial charge in [-0.05, 0) is 70.6 Å². The van der Waals surface area contributed by atoms with Crippen LogP contribution in [0.2, 0.25) is 0 Å². The van der Waals surface area contributed by atoms with Gasteiger partial charge in [0.05, 0.1) is 32.8 Å². The molecule has 1 fully saturated rings. The van der Waals surface area contributed by atoms with Gasteiger partial charge < -0.3 is 19.4 Å². The van der Waals surface area contributed by atoms with Gasteiger partial charge in [-0.3, -0.25) is 4.79 Å². The molecule has 0 radical (unpaired) electrons. The summed E-state index contributed by atoms with van der Waals surface area (Å²) in [6, 6.07) is 10.7. The fraction of sp³-hybridized carbons (Fsp3) is 0.385. The smallest absolute Gasteiger partial charge is 0.393 e. The molecule has 0 saturated carbocycles. The van der Waals surface area contributed by atoms with E-state index in [2.05, 4.69) is 25.6 Å². The summed E-state index contributed by atoms with van der Waals surface area (Å²) in [5.74, 6) is 1.42. The lowest BCUT2D eigenvalue weighted by atomic mass is 9.88. The lowest BCUT2D eigenvalue weighted by Gasteiger charge is -2.32. The topological polar surface area (TPSA) is 109 Å². The molecule has 1 aliphatic rings. The molecule has 3 heterocycles. The third-order valence-electron chi connectivity index (χ3n) is 7.01. The number of fused-ring (bicyclic) bond motifs is 1. The maximum atomic E-state index is 13.7. The largest absolute Gasteiger partial charge is 0.493 e. The number of hydrogen-bond donors (Lipinski definition) is 2. The van der Waals surface area contributed by atoms with Gasteiger partial charge in [0.15, 0.2) is 17.3 Å². The minimum atomic E-state index is -4.39. The van der Waals surface area contributed by atoms with Crippen LogP contribution >= 0.6 is 0 Å². The van der Waals surface area contributed by atoms with Gasteiger partial charge in [0.2, 0.25) is 5.91 Å². The highest BCUT2D eigenvalue weighted by atomic mass is 19.4. The summed E-state index contributed by atoms with van der Waals surface area (Å²) in [7, 11) is 2.99. The molecule has 12 heteroatoms. The minimum Gasteiger partial charge on any atom is -0.493 e. The molecule has 0 bridgehead atoms. The van der Waals surface area contributed by atoms with E-state index in [1.807, 2.05) is 18.2 Å². The first-order chi connectivity index (χ1) is 18.3. The van der Waals surface area contributed by atoms with E-state index in [1.54, 1.807) is 23.1 Å². The minimum absolute atomic E-state index is 0.0601. The second-order valence-electron chi connectivity index (χ2n) is 9.33. The average Bonchev–Trinajstić information content (AvgIpc) is 3.55. The molecule has 0 atom stereocenters. The van der Waals surface area contributed by atoms with Crippen LogP contribution in [0.1, 0.15) is 35.7 Å². The zero-order valence-corrected chi connectivity index (χ0v) is 20.9. The Kier molecular flexibility index (Phi) is 6.96. The Hall–Kier alpha value is -4.09. The first-order valence-electron chi connectivity index (χ1n) is 12.2. The number of halogens is 3. The van der Waals surface area contributed by atoms with Crippen LogP contribution in [0, 0.1) is 0 Å². The van der Waals surface area contributed by atoms with E-state index in [1.165, 1.54) is 14.2 Å². The molecule has 200 valence electrons. The number of aromatic amines is 2. The van der Waals surface area contributed by atoms with Crippen molar-refractivity contribution in [2.45, 2.75) is 37.8 Å². The SMILES string of the molecule is COc1ccc(-c2[nH]c3ccc(C4CCN(C(=O)Cc5nnn[nH]5)CC4)cc3c2CC(F)(F)F)cc1OC. The molecule has 0 unspecified atom stereocenters. The normalized spacial score (nSPS) is 14.7. The Morgan fingerprint density at radius 3 is 2.50 bits per heavy atom. The molecular weight excluding hydrogens is 501 g/mol. The highest BCUT2D eigenvalue weighted by Crippen LogP contribution is 2.40. The van der Waals surface area contributed by atoms with Crippen LogP contribution < -0.4 is 9.47 Å². The van der Waals surface area contributed by atoms with Crippen LogP contribution in [0.25, 0.3) is 22.2 Å². The maximum Gasteiger partial charge on any atom is 0.393 e. The number of aromatic nitrogens is 5. The van der Waals surface area contributed by atoms with Crippen molar-refractivity contribution in [1.82, 2.24) is 30.5 Å². The Morgan fingerprint density at radius 1 is 1.08 bits per heavy atom. The second kappa shape index (κ2) is 10.3. The predicted molar refractivity (Wildman–Crippen MR) is 133 cm³/mol. The van der Waals surface area contributed by atoms with Crippen molar-refractivity contribution in [3.8, 4) is 22.8 Å².